The van der Waals surface area contributed by atoms with Crippen LogP contribution in [0, 0.1) is 0 Å². The Kier molecular flexibility index (Phi) is 4.99. The smallest absolute Gasteiger partial charge is 0.245 e. The summed E-state index contributed by atoms with van der Waals surface area (Å²) in [5.74, 6) is 1.44. The summed E-state index contributed by atoms with van der Waals surface area (Å²) in [6, 6.07) is 8.15. The summed E-state index contributed by atoms with van der Waals surface area (Å²) in [5, 5.41) is 6.44. The van der Waals surface area contributed by atoms with Crippen LogP contribution in [0.3, 0.4) is 0 Å². The number of carbonyl (C=O) groups excluding carboxylic acids is 1. The Labute approximate surface area is 198 Å². The highest BCUT2D eigenvalue weighted by Crippen LogP contribution is 2.39. The second kappa shape index (κ2) is 8.06. The van der Waals surface area contributed by atoms with Gasteiger partial charge in [0.1, 0.15) is 11.9 Å². The van der Waals surface area contributed by atoms with Gasteiger partial charge in [-0.25, -0.2) is 4.98 Å². The van der Waals surface area contributed by atoms with Crippen LogP contribution in [0.2, 0.25) is 0 Å². The Morgan fingerprint density at radius 1 is 1.12 bits per heavy atom. The van der Waals surface area contributed by atoms with Crippen molar-refractivity contribution in [2.24, 2.45) is 7.05 Å². The summed E-state index contributed by atoms with van der Waals surface area (Å²) < 4.78 is 9.58. The molecule has 4 aromatic rings. The molecule has 8 heteroatoms. The fraction of sp³-hybridized carbons (Fsp3) is 0.385. The molecule has 0 bridgehead atoms. The van der Waals surface area contributed by atoms with Gasteiger partial charge in [0, 0.05) is 62.1 Å². The molecular formula is C26H28N6O2. The third-order valence-electron chi connectivity index (χ3n) is 7.15. The standard InChI is InChI=1S/C26H28N6O2/c1-16-26(33)30(2)15-23-24(29-25(32(16)23)17-7-9-34-10-8-17)20-6-4-5-18-11-22(27-13-21(18)20)19-12-28-31(3)14-19/h4-6,11-14,16-17H,7-10,15H2,1-3H3/t16-/m0/s1. The number of rotatable bonds is 3. The topological polar surface area (TPSA) is 78.1 Å². The lowest BCUT2D eigenvalue weighted by Crippen LogP contribution is -2.40. The van der Waals surface area contributed by atoms with E-state index in [1.165, 1.54) is 0 Å². The van der Waals surface area contributed by atoms with E-state index < -0.39 is 0 Å². The number of likely N-dealkylation sites (N-methyl/N-ethyl adjacent to an activating group) is 1. The Hall–Kier alpha value is -3.52. The Morgan fingerprint density at radius 3 is 2.71 bits per heavy atom. The van der Waals surface area contributed by atoms with Gasteiger partial charge in [-0.3, -0.25) is 14.5 Å². The second-order valence-corrected chi connectivity index (χ2v) is 9.39. The highest BCUT2D eigenvalue weighted by Gasteiger charge is 2.36. The van der Waals surface area contributed by atoms with E-state index in [4.69, 9.17) is 14.7 Å². The van der Waals surface area contributed by atoms with Crippen molar-refractivity contribution in [3.8, 4) is 22.5 Å². The predicted molar refractivity (Wildman–Crippen MR) is 129 cm³/mol. The molecule has 0 spiro atoms. The zero-order valence-corrected chi connectivity index (χ0v) is 19.7. The van der Waals surface area contributed by atoms with Crippen molar-refractivity contribution in [2.45, 2.75) is 38.3 Å². The van der Waals surface area contributed by atoms with E-state index in [-0.39, 0.29) is 11.9 Å². The van der Waals surface area contributed by atoms with Gasteiger partial charge in [0.25, 0.3) is 0 Å². The molecule has 3 aromatic heterocycles. The Bertz CT molecular complexity index is 1400. The summed E-state index contributed by atoms with van der Waals surface area (Å²) in [6.07, 6.45) is 7.60. The van der Waals surface area contributed by atoms with Crippen LogP contribution >= 0.6 is 0 Å². The minimum absolute atomic E-state index is 0.130. The number of ether oxygens (including phenoxy) is 1. The zero-order valence-electron chi connectivity index (χ0n) is 19.7. The third kappa shape index (κ3) is 3.32. The molecular weight excluding hydrogens is 428 g/mol. The van der Waals surface area contributed by atoms with E-state index >= 15 is 0 Å². The molecule has 0 N–H and O–H groups in total. The van der Waals surface area contributed by atoms with Crippen LogP contribution in [0.4, 0.5) is 0 Å². The fourth-order valence-electron chi connectivity index (χ4n) is 5.35. The number of aromatic nitrogens is 5. The van der Waals surface area contributed by atoms with Crippen molar-refractivity contribution < 1.29 is 9.53 Å². The van der Waals surface area contributed by atoms with Crippen molar-refractivity contribution in [2.75, 3.05) is 20.3 Å². The predicted octanol–water partition coefficient (Wildman–Crippen LogP) is 3.93. The van der Waals surface area contributed by atoms with Gasteiger partial charge in [-0.2, -0.15) is 5.10 Å². The number of imidazole rings is 1. The Balaban J connectivity index is 1.52. The number of carbonyl (C=O) groups is 1. The molecule has 0 radical (unpaired) electrons. The molecule has 6 rings (SSSR count). The minimum atomic E-state index is -0.266. The van der Waals surface area contributed by atoms with E-state index in [0.717, 1.165) is 70.9 Å². The Morgan fingerprint density at radius 2 is 1.94 bits per heavy atom. The molecule has 5 heterocycles. The fourth-order valence-corrected chi connectivity index (χ4v) is 5.35. The highest BCUT2D eigenvalue weighted by atomic mass is 16.5. The highest BCUT2D eigenvalue weighted by molar-refractivity contribution is 5.97. The zero-order chi connectivity index (χ0) is 23.4. The van der Waals surface area contributed by atoms with Gasteiger partial charge >= 0.3 is 0 Å². The van der Waals surface area contributed by atoms with E-state index in [0.29, 0.717) is 12.5 Å². The van der Waals surface area contributed by atoms with Gasteiger partial charge < -0.3 is 14.2 Å². The first-order chi connectivity index (χ1) is 16.5. The van der Waals surface area contributed by atoms with Crippen LogP contribution in [-0.2, 0) is 23.1 Å². The molecule has 1 saturated heterocycles. The van der Waals surface area contributed by atoms with Crippen LogP contribution in [0.15, 0.2) is 42.9 Å². The summed E-state index contributed by atoms with van der Waals surface area (Å²) in [6.45, 7) is 4.01. The molecule has 8 nitrogen and oxygen atoms in total. The lowest BCUT2D eigenvalue weighted by molar-refractivity contribution is -0.135. The average molecular weight is 457 g/mol. The average Bonchev–Trinajstić information content (AvgIpc) is 3.46. The van der Waals surface area contributed by atoms with E-state index in [9.17, 15) is 4.79 Å². The maximum absolute atomic E-state index is 12.9. The molecule has 1 amide bonds. The number of benzene rings is 1. The maximum Gasteiger partial charge on any atom is 0.245 e. The largest absolute Gasteiger partial charge is 0.381 e. The number of nitrogens with zero attached hydrogens (tertiary/aromatic N) is 6. The molecule has 1 aromatic carbocycles. The van der Waals surface area contributed by atoms with Gasteiger partial charge in [0.05, 0.1) is 29.8 Å². The van der Waals surface area contributed by atoms with Crippen molar-refractivity contribution in [1.29, 1.82) is 0 Å². The van der Waals surface area contributed by atoms with E-state index in [2.05, 4.69) is 33.9 Å². The van der Waals surface area contributed by atoms with Crippen LogP contribution < -0.4 is 0 Å². The van der Waals surface area contributed by atoms with E-state index in [1.807, 2.05) is 44.5 Å². The first-order valence-corrected chi connectivity index (χ1v) is 11.8. The lowest BCUT2D eigenvalue weighted by atomic mass is 9.98. The molecule has 0 unspecified atom stereocenters. The molecule has 174 valence electrons. The number of pyridine rings is 1. The molecule has 1 fully saturated rings. The maximum atomic E-state index is 12.9. The van der Waals surface area contributed by atoms with Gasteiger partial charge in [-0.1, -0.05) is 18.2 Å². The van der Waals surface area contributed by atoms with Gasteiger partial charge in [0.15, 0.2) is 0 Å². The van der Waals surface area contributed by atoms with E-state index in [1.54, 1.807) is 4.68 Å². The third-order valence-corrected chi connectivity index (χ3v) is 7.15. The van der Waals surface area contributed by atoms with Crippen molar-refractivity contribution in [3.63, 3.8) is 0 Å². The van der Waals surface area contributed by atoms with Crippen LogP contribution in [0.1, 0.15) is 43.2 Å². The SMILES string of the molecule is C[C@H]1C(=O)N(C)Cc2c(-c3cccc4cc(-c5cnn(C)c5)ncc34)nc(C3CCOCC3)n21. The molecule has 0 aliphatic carbocycles. The second-order valence-electron chi connectivity index (χ2n) is 9.39. The minimum Gasteiger partial charge on any atom is -0.381 e. The molecule has 2 aliphatic heterocycles. The monoisotopic (exact) mass is 456 g/mol. The van der Waals surface area contributed by atoms with Crippen molar-refractivity contribution in [3.05, 3.63) is 54.4 Å². The summed E-state index contributed by atoms with van der Waals surface area (Å²) in [4.78, 5) is 24.7. The van der Waals surface area contributed by atoms with Crippen LogP contribution in [0.25, 0.3) is 33.3 Å². The van der Waals surface area contributed by atoms with Gasteiger partial charge in [-0.15, -0.1) is 0 Å². The number of aryl methyl sites for hydroxylation is 1. The summed E-state index contributed by atoms with van der Waals surface area (Å²) >= 11 is 0. The van der Waals surface area contributed by atoms with Crippen molar-refractivity contribution >= 4 is 16.7 Å². The number of amides is 1. The molecule has 0 saturated carbocycles. The molecule has 34 heavy (non-hydrogen) atoms. The first-order valence-electron chi connectivity index (χ1n) is 11.8. The molecule has 2 aliphatic rings. The normalized spacial score (nSPS) is 19.1. The van der Waals surface area contributed by atoms with Crippen LogP contribution in [-0.4, -0.2) is 55.4 Å². The molecule has 1 atom stereocenters. The summed E-state index contributed by atoms with van der Waals surface area (Å²) in [5.41, 5.74) is 4.99. The number of hydrogen-bond donors (Lipinski definition) is 0. The van der Waals surface area contributed by atoms with Gasteiger partial charge in [-0.05, 0) is 31.2 Å². The number of hydrogen-bond acceptors (Lipinski definition) is 5. The lowest BCUT2D eigenvalue weighted by Gasteiger charge is -2.32. The summed E-state index contributed by atoms with van der Waals surface area (Å²) in [7, 11) is 3.78. The van der Waals surface area contributed by atoms with Gasteiger partial charge in [0.2, 0.25) is 5.91 Å². The van der Waals surface area contributed by atoms with Crippen molar-refractivity contribution in [1.82, 2.24) is 29.2 Å². The first kappa shape index (κ1) is 21.0. The number of fused-ring (bicyclic) bond motifs is 2. The van der Waals surface area contributed by atoms with Crippen LogP contribution in [0.5, 0.6) is 0 Å². The quantitative estimate of drug-likeness (QED) is 0.467.